The Bertz CT molecular complexity index is 470. The molecule has 4 nitrogen and oxygen atoms in total. The van der Waals surface area contributed by atoms with Crippen molar-refractivity contribution in [2.45, 2.75) is 30.3 Å². The largest absolute Gasteiger partial charge is 0.478 e. The van der Waals surface area contributed by atoms with Crippen molar-refractivity contribution in [1.82, 2.24) is 0 Å². The van der Waals surface area contributed by atoms with E-state index < -0.39 is 5.97 Å². The Balaban J connectivity index is 2.17. The normalized spacial score (nSPS) is 22.4. The second-order valence-corrected chi connectivity index (χ2v) is 5.79. The van der Waals surface area contributed by atoms with Gasteiger partial charge in [0.25, 0.3) is 0 Å². The number of benzene rings is 1. The molecule has 104 valence electrons. The molecule has 2 rings (SSSR count). The summed E-state index contributed by atoms with van der Waals surface area (Å²) in [4.78, 5) is 12.2. The molecule has 1 aliphatic rings. The molecule has 0 amide bonds. The number of ether oxygens (including phenoxy) is 1. The van der Waals surface area contributed by atoms with Gasteiger partial charge in [-0.25, -0.2) is 4.79 Å². The van der Waals surface area contributed by atoms with Gasteiger partial charge in [0, 0.05) is 23.7 Å². The van der Waals surface area contributed by atoms with Gasteiger partial charge >= 0.3 is 5.97 Å². The lowest BCUT2D eigenvalue weighted by atomic mass is 10.0. The highest BCUT2D eigenvalue weighted by atomic mass is 32.2. The topological polar surface area (TPSA) is 58.6 Å². The van der Waals surface area contributed by atoms with E-state index in [0.717, 1.165) is 24.3 Å². The van der Waals surface area contributed by atoms with Crippen LogP contribution in [0, 0.1) is 0 Å². The van der Waals surface area contributed by atoms with E-state index in [1.165, 1.54) is 11.8 Å². The summed E-state index contributed by atoms with van der Waals surface area (Å²) < 4.78 is 5.70. The van der Waals surface area contributed by atoms with Crippen LogP contribution in [0.3, 0.4) is 0 Å². The molecular formula is C14H19NO3S. The van der Waals surface area contributed by atoms with Gasteiger partial charge < -0.3 is 15.2 Å². The molecule has 0 bridgehead atoms. The summed E-state index contributed by atoms with van der Waals surface area (Å²) in [5.74, 6) is -0.898. The van der Waals surface area contributed by atoms with Crippen LogP contribution in [-0.2, 0) is 4.74 Å². The van der Waals surface area contributed by atoms with Crippen LogP contribution in [0.1, 0.15) is 30.1 Å². The third-order valence-corrected chi connectivity index (χ3v) is 4.19. The lowest BCUT2D eigenvalue weighted by Crippen LogP contribution is -2.33. The molecule has 1 fully saturated rings. The average Bonchev–Trinajstić information content (AvgIpc) is 2.83. The Morgan fingerprint density at radius 3 is 2.95 bits per heavy atom. The van der Waals surface area contributed by atoms with E-state index in [9.17, 15) is 9.90 Å². The molecule has 0 spiro atoms. The first kappa shape index (κ1) is 14.2. The number of carboxylic acids is 1. The fourth-order valence-electron chi connectivity index (χ4n) is 2.33. The monoisotopic (exact) mass is 281 g/mol. The van der Waals surface area contributed by atoms with Crippen LogP contribution in [0.15, 0.2) is 23.1 Å². The third-order valence-electron chi connectivity index (χ3n) is 3.41. The van der Waals surface area contributed by atoms with Crippen LogP contribution in [0.25, 0.3) is 0 Å². The van der Waals surface area contributed by atoms with Crippen molar-refractivity contribution < 1.29 is 14.6 Å². The first-order chi connectivity index (χ1) is 9.06. The van der Waals surface area contributed by atoms with Gasteiger partial charge in [-0.1, -0.05) is 6.07 Å². The van der Waals surface area contributed by atoms with E-state index in [1.54, 1.807) is 0 Å². The van der Waals surface area contributed by atoms with Crippen molar-refractivity contribution in [2.75, 3.05) is 24.7 Å². The van der Waals surface area contributed by atoms with E-state index in [-0.39, 0.29) is 5.60 Å². The van der Waals surface area contributed by atoms with Gasteiger partial charge in [0.05, 0.1) is 11.2 Å². The molecule has 1 unspecified atom stereocenters. The highest BCUT2D eigenvalue weighted by Crippen LogP contribution is 2.29. The summed E-state index contributed by atoms with van der Waals surface area (Å²) in [6, 6.07) is 5.51. The first-order valence-electron chi connectivity index (χ1n) is 6.34. The zero-order chi connectivity index (χ0) is 13.9. The minimum Gasteiger partial charge on any atom is -0.478 e. The smallest absolute Gasteiger partial charge is 0.338 e. The van der Waals surface area contributed by atoms with Crippen molar-refractivity contribution >= 4 is 23.4 Å². The second-order valence-electron chi connectivity index (χ2n) is 4.94. The molecule has 1 aromatic carbocycles. The van der Waals surface area contributed by atoms with E-state index in [0.29, 0.717) is 17.8 Å². The fourth-order valence-corrected chi connectivity index (χ4v) is 2.94. The number of rotatable bonds is 5. The summed E-state index contributed by atoms with van der Waals surface area (Å²) >= 11 is 1.44. The quantitative estimate of drug-likeness (QED) is 0.812. The van der Waals surface area contributed by atoms with E-state index in [4.69, 9.17) is 4.74 Å². The van der Waals surface area contributed by atoms with Gasteiger partial charge in [-0.05, 0) is 38.2 Å². The van der Waals surface area contributed by atoms with Crippen LogP contribution >= 0.6 is 11.8 Å². The predicted octanol–water partition coefficient (Wildman–Crippen LogP) is 3.09. The Labute approximate surface area is 117 Å². The standard InChI is InChI=1S/C14H19NO3S/c1-14(7-4-8-18-14)9-15-10-5-3-6-11(19-2)12(10)13(16)17/h3,5-6,15H,4,7-9H2,1-2H3,(H,16,17). The van der Waals surface area contributed by atoms with Crippen molar-refractivity contribution in [3.05, 3.63) is 23.8 Å². The summed E-state index contributed by atoms with van der Waals surface area (Å²) in [7, 11) is 0. The highest BCUT2D eigenvalue weighted by molar-refractivity contribution is 7.98. The SMILES string of the molecule is CSc1cccc(NCC2(C)CCCO2)c1C(=O)O. The molecule has 5 heteroatoms. The Morgan fingerprint density at radius 1 is 1.58 bits per heavy atom. The van der Waals surface area contributed by atoms with E-state index in [2.05, 4.69) is 12.2 Å². The minimum atomic E-state index is -0.898. The summed E-state index contributed by atoms with van der Waals surface area (Å²) in [6.07, 6.45) is 3.95. The maximum Gasteiger partial charge on any atom is 0.338 e. The van der Waals surface area contributed by atoms with E-state index >= 15 is 0 Å². The van der Waals surface area contributed by atoms with Gasteiger partial charge in [-0.3, -0.25) is 0 Å². The first-order valence-corrected chi connectivity index (χ1v) is 7.56. The number of aromatic carboxylic acids is 1. The number of hydrogen-bond donors (Lipinski definition) is 2. The maximum absolute atomic E-state index is 11.4. The fraction of sp³-hybridized carbons (Fsp3) is 0.500. The molecule has 1 aliphatic heterocycles. The zero-order valence-electron chi connectivity index (χ0n) is 11.2. The average molecular weight is 281 g/mol. The Hall–Kier alpha value is -1.20. The molecule has 1 saturated heterocycles. The molecule has 1 aromatic rings. The van der Waals surface area contributed by atoms with Crippen LogP contribution < -0.4 is 5.32 Å². The highest BCUT2D eigenvalue weighted by Gasteiger charge is 2.30. The van der Waals surface area contributed by atoms with Crippen LogP contribution in [0.5, 0.6) is 0 Å². The molecule has 0 radical (unpaired) electrons. The molecular weight excluding hydrogens is 262 g/mol. The number of hydrogen-bond acceptors (Lipinski definition) is 4. The summed E-state index contributed by atoms with van der Waals surface area (Å²) in [6.45, 7) is 3.48. The summed E-state index contributed by atoms with van der Waals surface area (Å²) in [5.41, 5.74) is 0.818. The number of anilines is 1. The molecule has 1 heterocycles. The lowest BCUT2D eigenvalue weighted by molar-refractivity contribution is 0.0314. The Kier molecular flexibility index (Phi) is 4.37. The zero-order valence-corrected chi connectivity index (χ0v) is 12.0. The van der Waals surface area contributed by atoms with Gasteiger partial charge in [-0.15, -0.1) is 11.8 Å². The maximum atomic E-state index is 11.4. The number of carbonyl (C=O) groups is 1. The van der Waals surface area contributed by atoms with Crippen molar-refractivity contribution in [2.24, 2.45) is 0 Å². The minimum absolute atomic E-state index is 0.189. The predicted molar refractivity (Wildman–Crippen MR) is 77.3 cm³/mol. The van der Waals surface area contributed by atoms with Gasteiger partial charge in [-0.2, -0.15) is 0 Å². The molecule has 0 aromatic heterocycles. The summed E-state index contributed by atoms with van der Waals surface area (Å²) in [5, 5.41) is 12.6. The molecule has 19 heavy (non-hydrogen) atoms. The van der Waals surface area contributed by atoms with Gasteiger partial charge in [0.2, 0.25) is 0 Å². The van der Waals surface area contributed by atoms with E-state index in [1.807, 2.05) is 24.5 Å². The molecule has 2 N–H and O–H groups in total. The van der Waals surface area contributed by atoms with Crippen molar-refractivity contribution in [1.29, 1.82) is 0 Å². The van der Waals surface area contributed by atoms with Crippen LogP contribution in [-0.4, -0.2) is 36.1 Å². The lowest BCUT2D eigenvalue weighted by Gasteiger charge is -2.24. The number of thioether (sulfide) groups is 1. The van der Waals surface area contributed by atoms with Gasteiger partial charge in [0.1, 0.15) is 0 Å². The van der Waals surface area contributed by atoms with Crippen LogP contribution in [0.2, 0.25) is 0 Å². The molecule has 0 aliphatic carbocycles. The number of carboxylic acid groups (broad SMARTS) is 1. The molecule has 0 saturated carbocycles. The van der Waals surface area contributed by atoms with Crippen molar-refractivity contribution in [3.63, 3.8) is 0 Å². The third kappa shape index (κ3) is 3.22. The van der Waals surface area contributed by atoms with Crippen LogP contribution in [0.4, 0.5) is 5.69 Å². The Morgan fingerprint density at radius 2 is 2.37 bits per heavy atom. The molecule has 1 atom stereocenters. The van der Waals surface area contributed by atoms with Crippen molar-refractivity contribution in [3.8, 4) is 0 Å². The number of nitrogens with one attached hydrogen (secondary N) is 1. The second kappa shape index (κ2) is 5.84. The van der Waals surface area contributed by atoms with Gasteiger partial charge in [0.15, 0.2) is 0 Å².